The first-order chi connectivity index (χ1) is 28.7. The van der Waals surface area contributed by atoms with Gasteiger partial charge in [-0.1, -0.05) is 48.0 Å². The molecule has 322 valence electrons. The summed E-state index contributed by atoms with van der Waals surface area (Å²) in [4.78, 5) is 68.0. The third kappa shape index (κ3) is 10.3. The summed E-state index contributed by atoms with van der Waals surface area (Å²) in [5.41, 5.74) is 4.76. The van der Waals surface area contributed by atoms with Gasteiger partial charge in [-0.15, -0.1) is 0 Å². The third-order valence-corrected chi connectivity index (χ3v) is 12.2. The lowest BCUT2D eigenvalue weighted by atomic mass is 10.1. The Kier molecular flexibility index (Phi) is 14.6. The van der Waals surface area contributed by atoms with Crippen LogP contribution in [-0.4, -0.2) is 176 Å². The van der Waals surface area contributed by atoms with Crippen LogP contribution in [0.25, 0.3) is 0 Å². The number of carbonyl (C=O) groups is 4. The zero-order valence-corrected chi connectivity index (χ0v) is 34.9. The molecule has 0 unspecified atom stereocenters. The van der Waals surface area contributed by atoms with Crippen LogP contribution in [0.2, 0.25) is 15.1 Å². The van der Waals surface area contributed by atoms with Crippen molar-refractivity contribution in [3.05, 3.63) is 70.2 Å². The van der Waals surface area contributed by atoms with E-state index in [1.807, 2.05) is 5.48 Å². The number of amidine groups is 2. The number of halogens is 3. The molecule has 4 amide bonds. The number of nitrogens with zero attached hydrogens (tertiary/aromatic N) is 8. The predicted octanol–water partition coefficient (Wildman–Crippen LogP) is 2.72. The lowest BCUT2D eigenvalue weighted by Crippen LogP contribution is -2.64. The number of phenolic OH excluding ortho intramolecular Hbond substituents is 2. The summed E-state index contributed by atoms with van der Waals surface area (Å²) < 4.78 is 0. The van der Waals surface area contributed by atoms with E-state index in [0.717, 1.165) is 18.4 Å². The third-order valence-electron chi connectivity index (χ3n) is 11.1. The van der Waals surface area contributed by atoms with Crippen molar-refractivity contribution in [2.45, 2.75) is 30.8 Å². The van der Waals surface area contributed by atoms with Gasteiger partial charge in [-0.3, -0.25) is 39.4 Å². The number of hydrogen-bond acceptors (Lipinski definition) is 12. The molecule has 0 aromatic heterocycles. The van der Waals surface area contributed by atoms with Crippen molar-refractivity contribution < 1.29 is 39.8 Å². The summed E-state index contributed by atoms with van der Waals surface area (Å²) in [5.74, 6) is -1.74. The molecule has 18 nitrogen and oxygen atoms in total. The van der Waals surface area contributed by atoms with E-state index in [1.165, 1.54) is 30.4 Å². The van der Waals surface area contributed by atoms with Gasteiger partial charge in [0.25, 0.3) is 11.8 Å². The van der Waals surface area contributed by atoms with Gasteiger partial charge in [0.2, 0.25) is 23.5 Å². The van der Waals surface area contributed by atoms with Crippen molar-refractivity contribution in [2.75, 3.05) is 78.5 Å². The van der Waals surface area contributed by atoms with E-state index in [0.29, 0.717) is 89.5 Å². The van der Waals surface area contributed by atoms with Gasteiger partial charge < -0.3 is 29.8 Å². The zero-order valence-electron chi connectivity index (χ0n) is 32.6. The number of nitrogens with one attached hydrogen (secondary N) is 2. The highest BCUT2D eigenvalue weighted by Crippen LogP contribution is 2.46. The standard InChI is InChI=1S/C21H26ClN5O4.C18H21Cl2N5O4/c1-2-19(29)27-11-14(12-27)25-5-7-26(8-6-25)21(30)20(24-31)23-17-9-15(13-3-4-13)16(22)10-18(17)28;1-2-16(27)25-9-11(10-25)23-3-5-24(6-4-23)18(28)17(22-29)21-14-7-12(19)13(20)8-15(14)26/h2,9-10,13-14,28,31H,1,3-8,11-12H2,(H,23,24);2,7-8,11,26,29H,1,3-6,9-10H2,(H,21,22). The fraction of sp³-hybridized carbons (Fsp3) is 0.436. The molecular weight excluding hydrogens is 843 g/mol. The van der Waals surface area contributed by atoms with Crippen LogP contribution in [-0.2, 0) is 19.2 Å². The average Bonchev–Trinajstić information content (AvgIpc) is 4.06. The van der Waals surface area contributed by atoms with Gasteiger partial charge in [0.15, 0.2) is 0 Å². The fourth-order valence-electron chi connectivity index (χ4n) is 7.33. The lowest BCUT2D eigenvalue weighted by Gasteiger charge is -2.47. The van der Waals surface area contributed by atoms with Crippen LogP contribution >= 0.6 is 34.8 Å². The Morgan fingerprint density at radius 1 is 0.600 bits per heavy atom. The SMILES string of the molecule is C=CC(=O)N1CC(N2CCN(C(=O)C(=Nc3cc(C4CC4)c(Cl)cc3O)NO)CC2)C1.C=CC(=O)N1CC(N2CCN(C(=O)C(=Nc3cc(Cl)c(Cl)cc3O)NO)CC2)C1. The number of piperazine rings is 2. The second kappa shape index (κ2) is 19.6. The number of phenols is 2. The normalized spacial score (nSPS) is 19.4. The molecule has 21 heteroatoms. The molecule has 2 aromatic carbocycles. The minimum atomic E-state index is -0.505. The Balaban J connectivity index is 0.000000202. The summed E-state index contributed by atoms with van der Waals surface area (Å²) in [6, 6.07) is 6.16. The molecule has 6 N–H and O–H groups in total. The Morgan fingerprint density at radius 3 is 1.37 bits per heavy atom. The molecule has 4 aliphatic heterocycles. The zero-order chi connectivity index (χ0) is 43.2. The van der Waals surface area contributed by atoms with Crippen molar-refractivity contribution in [1.82, 2.24) is 40.4 Å². The van der Waals surface area contributed by atoms with Gasteiger partial charge >= 0.3 is 0 Å². The number of amides is 4. The molecule has 4 saturated heterocycles. The summed E-state index contributed by atoms with van der Waals surface area (Å²) in [6.07, 6.45) is 4.69. The first-order valence-corrected chi connectivity index (χ1v) is 20.5. The molecule has 1 saturated carbocycles. The van der Waals surface area contributed by atoms with E-state index in [-0.39, 0.29) is 68.5 Å². The molecule has 0 atom stereocenters. The number of likely N-dealkylation sites (tertiary alicyclic amines) is 2. The van der Waals surface area contributed by atoms with Gasteiger partial charge in [0.1, 0.15) is 22.9 Å². The summed E-state index contributed by atoms with van der Waals surface area (Å²) in [5, 5.41) is 39.8. The Bertz CT molecular complexity index is 2060. The van der Waals surface area contributed by atoms with Crippen molar-refractivity contribution in [2.24, 2.45) is 9.98 Å². The fourth-order valence-corrected chi connectivity index (χ4v) is 7.96. The van der Waals surface area contributed by atoms with E-state index in [9.17, 15) is 39.8 Å². The smallest absolute Gasteiger partial charge is 0.291 e. The Morgan fingerprint density at radius 2 is 0.983 bits per heavy atom. The lowest BCUT2D eigenvalue weighted by molar-refractivity contribution is -0.135. The van der Waals surface area contributed by atoms with E-state index in [1.54, 1.807) is 31.1 Å². The maximum atomic E-state index is 12.9. The highest BCUT2D eigenvalue weighted by molar-refractivity contribution is 6.42. The van der Waals surface area contributed by atoms with E-state index in [4.69, 9.17) is 34.8 Å². The largest absolute Gasteiger partial charge is 0.506 e. The average molecular weight is 890 g/mol. The molecule has 5 aliphatic rings. The molecule has 0 spiro atoms. The number of hydrogen-bond donors (Lipinski definition) is 6. The summed E-state index contributed by atoms with van der Waals surface area (Å²) in [7, 11) is 0. The molecule has 7 rings (SSSR count). The number of carbonyl (C=O) groups excluding carboxylic acids is 4. The van der Waals surface area contributed by atoms with Crippen LogP contribution in [0.4, 0.5) is 11.4 Å². The Labute approximate surface area is 361 Å². The number of rotatable bonds is 7. The maximum Gasteiger partial charge on any atom is 0.291 e. The first-order valence-electron chi connectivity index (χ1n) is 19.3. The first kappa shape index (κ1) is 44.6. The van der Waals surface area contributed by atoms with Gasteiger partial charge in [0.05, 0.1) is 10.0 Å². The molecule has 5 fully saturated rings. The summed E-state index contributed by atoms with van der Waals surface area (Å²) >= 11 is 17.9. The topological polar surface area (TPSA) is 217 Å². The highest BCUT2D eigenvalue weighted by Gasteiger charge is 2.38. The predicted molar refractivity (Wildman–Crippen MR) is 225 cm³/mol. The van der Waals surface area contributed by atoms with Gasteiger partial charge in [-0.05, 0) is 48.6 Å². The quantitative estimate of drug-likeness (QED) is 0.102. The summed E-state index contributed by atoms with van der Waals surface area (Å²) in [6.45, 7) is 14.1. The van der Waals surface area contributed by atoms with E-state index >= 15 is 0 Å². The molecule has 60 heavy (non-hydrogen) atoms. The second-order valence-electron chi connectivity index (χ2n) is 14.9. The van der Waals surface area contributed by atoms with Crippen molar-refractivity contribution in [1.29, 1.82) is 0 Å². The van der Waals surface area contributed by atoms with Crippen LogP contribution in [0.5, 0.6) is 11.5 Å². The number of aliphatic imine (C=N–C) groups is 2. The van der Waals surface area contributed by atoms with E-state index in [2.05, 4.69) is 32.9 Å². The van der Waals surface area contributed by atoms with Crippen LogP contribution < -0.4 is 11.0 Å². The molecule has 1 aliphatic carbocycles. The molecule has 2 aromatic rings. The van der Waals surface area contributed by atoms with Crippen molar-refractivity contribution in [3.63, 3.8) is 0 Å². The molecule has 0 radical (unpaired) electrons. The van der Waals surface area contributed by atoms with Crippen LogP contribution in [0.1, 0.15) is 24.3 Å². The molecular formula is C39H47Cl3N10O8. The molecule has 4 heterocycles. The van der Waals surface area contributed by atoms with Gasteiger partial charge in [-0.25, -0.2) is 20.9 Å². The number of hydroxylamine groups is 2. The van der Waals surface area contributed by atoms with Crippen LogP contribution in [0.3, 0.4) is 0 Å². The monoisotopic (exact) mass is 888 g/mol. The Hall–Kier alpha value is -4.95. The van der Waals surface area contributed by atoms with Gasteiger partial charge in [0, 0.05) is 108 Å². The van der Waals surface area contributed by atoms with Crippen LogP contribution in [0.15, 0.2) is 59.6 Å². The van der Waals surface area contributed by atoms with Crippen LogP contribution in [0, 0.1) is 0 Å². The van der Waals surface area contributed by atoms with Crippen molar-refractivity contribution >= 4 is 81.5 Å². The second-order valence-corrected chi connectivity index (χ2v) is 16.1. The van der Waals surface area contributed by atoms with Crippen molar-refractivity contribution in [3.8, 4) is 11.5 Å². The van der Waals surface area contributed by atoms with Gasteiger partial charge in [-0.2, -0.15) is 0 Å². The number of aromatic hydroxyl groups is 2. The van der Waals surface area contributed by atoms with E-state index < -0.39 is 11.8 Å². The maximum absolute atomic E-state index is 12.9. The minimum absolute atomic E-state index is 0.00406. The number of benzene rings is 2. The highest BCUT2D eigenvalue weighted by atomic mass is 35.5. The minimum Gasteiger partial charge on any atom is -0.506 e. The molecule has 0 bridgehead atoms.